The van der Waals surface area contributed by atoms with Crippen LogP contribution in [-0.4, -0.2) is 80.4 Å². The molecule has 0 unspecified atom stereocenters. The molecule has 27 heavy (non-hydrogen) atoms. The first kappa shape index (κ1) is 18.6. The molecule has 0 bridgehead atoms. The maximum Gasteiger partial charge on any atom is 0.320 e. The first-order chi connectivity index (χ1) is 13.2. The highest BCUT2D eigenvalue weighted by molar-refractivity contribution is 7.22. The van der Waals surface area contributed by atoms with Gasteiger partial charge in [-0.05, 0) is 18.6 Å². The molecule has 4 rings (SSSR count). The Kier molecular flexibility index (Phi) is 5.56. The molecule has 7 nitrogen and oxygen atoms in total. The number of fused-ring (bicyclic) bond motifs is 1. The molecule has 1 aromatic heterocycles. The van der Waals surface area contributed by atoms with Crippen molar-refractivity contribution in [1.82, 2.24) is 14.8 Å². The van der Waals surface area contributed by atoms with E-state index in [9.17, 15) is 4.79 Å². The van der Waals surface area contributed by atoms with Crippen LogP contribution >= 0.6 is 22.9 Å². The highest BCUT2D eigenvalue weighted by atomic mass is 35.5. The number of thiazole rings is 1. The second-order valence-electron chi connectivity index (χ2n) is 6.63. The fourth-order valence-electron chi connectivity index (χ4n) is 3.50. The van der Waals surface area contributed by atoms with E-state index in [0.29, 0.717) is 37.9 Å². The molecule has 0 atom stereocenters. The average molecular weight is 411 g/mol. The number of aromatic nitrogens is 1. The van der Waals surface area contributed by atoms with Gasteiger partial charge in [0.2, 0.25) is 0 Å². The van der Waals surface area contributed by atoms with E-state index >= 15 is 0 Å². The van der Waals surface area contributed by atoms with Crippen LogP contribution in [0.1, 0.15) is 6.42 Å². The van der Waals surface area contributed by atoms with E-state index in [4.69, 9.17) is 26.1 Å². The van der Waals surface area contributed by atoms with Gasteiger partial charge in [-0.25, -0.2) is 9.78 Å². The van der Waals surface area contributed by atoms with Crippen LogP contribution in [0.25, 0.3) is 10.2 Å². The molecule has 0 N–H and O–H groups in total. The fourth-order valence-corrected chi connectivity index (χ4v) is 4.80. The van der Waals surface area contributed by atoms with Gasteiger partial charge in [0.15, 0.2) is 5.13 Å². The molecule has 0 saturated carbocycles. The van der Waals surface area contributed by atoms with E-state index in [-0.39, 0.29) is 6.03 Å². The molecular formula is C18H23ClN4O3S. The molecule has 146 valence electrons. The number of halogens is 1. The quantitative estimate of drug-likeness (QED) is 0.761. The second kappa shape index (κ2) is 8.08. The molecule has 0 radical (unpaired) electrons. The molecule has 2 saturated heterocycles. The SMILES string of the molecule is COc1ccc(Cl)c2sc(N3CCCN(C(=O)N4CCOCC4)CC3)nc12. The molecule has 2 fully saturated rings. The van der Waals surface area contributed by atoms with Gasteiger partial charge in [0.25, 0.3) is 0 Å². The minimum Gasteiger partial charge on any atom is -0.494 e. The van der Waals surface area contributed by atoms with Crippen molar-refractivity contribution in [3.8, 4) is 5.75 Å². The molecule has 0 aliphatic carbocycles. The van der Waals surface area contributed by atoms with Crippen molar-refractivity contribution in [2.45, 2.75) is 6.42 Å². The zero-order valence-electron chi connectivity index (χ0n) is 15.3. The Morgan fingerprint density at radius 3 is 2.70 bits per heavy atom. The summed E-state index contributed by atoms with van der Waals surface area (Å²) in [7, 11) is 1.64. The predicted octanol–water partition coefficient (Wildman–Crippen LogP) is 2.92. The predicted molar refractivity (Wildman–Crippen MR) is 107 cm³/mol. The highest BCUT2D eigenvalue weighted by Crippen LogP contribution is 2.38. The Bertz CT molecular complexity index is 824. The van der Waals surface area contributed by atoms with E-state index < -0.39 is 0 Å². The lowest BCUT2D eigenvalue weighted by Gasteiger charge is -2.32. The van der Waals surface area contributed by atoms with Crippen LogP contribution in [0, 0.1) is 0 Å². The number of benzene rings is 1. The lowest BCUT2D eigenvalue weighted by molar-refractivity contribution is 0.0438. The Labute approximate surface area is 167 Å². The van der Waals surface area contributed by atoms with Gasteiger partial charge < -0.3 is 24.2 Å². The molecule has 9 heteroatoms. The normalized spacial score (nSPS) is 18.7. The zero-order valence-corrected chi connectivity index (χ0v) is 16.9. The maximum absolute atomic E-state index is 12.7. The summed E-state index contributed by atoms with van der Waals surface area (Å²) >= 11 is 7.93. The van der Waals surface area contributed by atoms with Gasteiger partial charge in [0.05, 0.1) is 30.0 Å². The molecular weight excluding hydrogens is 388 g/mol. The molecule has 3 heterocycles. The van der Waals surface area contributed by atoms with E-state index in [0.717, 1.165) is 47.2 Å². The summed E-state index contributed by atoms with van der Waals surface area (Å²) in [6, 6.07) is 3.81. The third kappa shape index (κ3) is 3.79. The van der Waals surface area contributed by atoms with Gasteiger partial charge in [-0.1, -0.05) is 22.9 Å². The summed E-state index contributed by atoms with van der Waals surface area (Å²) < 4.78 is 11.7. The minimum atomic E-state index is 0.120. The molecule has 2 aliphatic heterocycles. The lowest BCUT2D eigenvalue weighted by Crippen LogP contribution is -2.49. The van der Waals surface area contributed by atoms with Crippen molar-refractivity contribution in [3.05, 3.63) is 17.2 Å². The first-order valence-electron chi connectivity index (χ1n) is 9.17. The molecule has 1 aromatic carbocycles. The number of hydrogen-bond acceptors (Lipinski definition) is 6. The number of amides is 2. The van der Waals surface area contributed by atoms with Crippen LogP contribution in [0.3, 0.4) is 0 Å². The van der Waals surface area contributed by atoms with E-state index in [2.05, 4.69) is 4.90 Å². The number of methoxy groups -OCH3 is 1. The van der Waals surface area contributed by atoms with Crippen LogP contribution in [0.2, 0.25) is 5.02 Å². The van der Waals surface area contributed by atoms with Crippen LogP contribution < -0.4 is 9.64 Å². The number of urea groups is 1. The summed E-state index contributed by atoms with van der Waals surface area (Å²) in [5.74, 6) is 0.732. The topological polar surface area (TPSA) is 58.1 Å². The van der Waals surface area contributed by atoms with Crippen molar-refractivity contribution in [2.75, 3.05) is 64.5 Å². The highest BCUT2D eigenvalue weighted by Gasteiger charge is 2.26. The second-order valence-corrected chi connectivity index (χ2v) is 8.02. The average Bonchev–Trinajstić information content (AvgIpc) is 3.01. The van der Waals surface area contributed by atoms with Crippen molar-refractivity contribution in [2.24, 2.45) is 0 Å². The van der Waals surface area contributed by atoms with Gasteiger partial charge in [0, 0.05) is 39.3 Å². The van der Waals surface area contributed by atoms with Crippen LogP contribution in [0.5, 0.6) is 5.75 Å². The number of carbonyl (C=O) groups is 1. The van der Waals surface area contributed by atoms with Crippen LogP contribution in [0.4, 0.5) is 9.93 Å². The van der Waals surface area contributed by atoms with Gasteiger partial charge in [-0.15, -0.1) is 0 Å². The Balaban J connectivity index is 1.49. The number of carbonyl (C=O) groups excluding carboxylic acids is 1. The molecule has 2 aliphatic rings. The number of morpholine rings is 1. The van der Waals surface area contributed by atoms with Gasteiger partial charge in [-0.2, -0.15) is 0 Å². The van der Waals surface area contributed by atoms with Crippen LogP contribution in [-0.2, 0) is 4.74 Å². The lowest BCUT2D eigenvalue weighted by atomic mass is 10.3. The van der Waals surface area contributed by atoms with Crippen LogP contribution in [0.15, 0.2) is 12.1 Å². The summed E-state index contributed by atoms with van der Waals surface area (Å²) in [5, 5.41) is 1.62. The minimum absolute atomic E-state index is 0.120. The third-order valence-corrected chi connectivity index (χ3v) is 6.56. The number of rotatable bonds is 2. The maximum atomic E-state index is 12.7. The van der Waals surface area contributed by atoms with E-state index in [1.807, 2.05) is 21.9 Å². The monoisotopic (exact) mass is 410 g/mol. The van der Waals surface area contributed by atoms with E-state index in [1.54, 1.807) is 18.4 Å². The zero-order chi connectivity index (χ0) is 18.8. The van der Waals surface area contributed by atoms with Crippen molar-refractivity contribution in [1.29, 1.82) is 0 Å². The fraction of sp³-hybridized carbons (Fsp3) is 0.556. The number of hydrogen-bond donors (Lipinski definition) is 0. The summed E-state index contributed by atoms with van der Waals surface area (Å²) in [6.07, 6.45) is 0.914. The third-order valence-electron chi connectivity index (χ3n) is 4.99. The Morgan fingerprint density at radius 2 is 1.93 bits per heavy atom. The molecule has 2 amide bonds. The van der Waals surface area contributed by atoms with E-state index in [1.165, 1.54) is 0 Å². The summed E-state index contributed by atoms with van der Waals surface area (Å²) in [5.41, 5.74) is 0.801. The summed E-state index contributed by atoms with van der Waals surface area (Å²) in [4.78, 5) is 23.6. The number of ether oxygens (including phenoxy) is 2. The number of anilines is 1. The van der Waals surface area contributed by atoms with Gasteiger partial charge in [-0.3, -0.25) is 0 Å². The van der Waals surface area contributed by atoms with Crippen molar-refractivity contribution < 1.29 is 14.3 Å². The molecule has 2 aromatic rings. The number of nitrogens with zero attached hydrogens (tertiary/aromatic N) is 4. The standard InChI is InChI=1S/C18H23ClN4O3S/c1-25-14-4-3-13(19)16-15(14)20-17(27-16)21-5-2-6-22(8-7-21)18(24)23-9-11-26-12-10-23/h3-4H,2,5-12H2,1H3. The van der Waals surface area contributed by atoms with Gasteiger partial charge >= 0.3 is 6.03 Å². The molecule has 0 spiro atoms. The summed E-state index contributed by atoms with van der Waals surface area (Å²) in [6.45, 7) is 5.69. The van der Waals surface area contributed by atoms with Crippen molar-refractivity contribution >= 4 is 44.3 Å². The van der Waals surface area contributed by atoms with Gasteiger partial charge in [0.1, 0.15) is 11.3 Å². The smallest absolute Gasteiger partial charge is 0.320 e. The Morgan fingerprint density at radius 1 is 1.15 bits per heavy atom. The van der Waals surface area contributed by atoms with Crippen molar-refractivity contribution in [3.63, 3.8) is 0 Å². The largest absolute Gasteiger partial charge is 0.494 e. The Hall–Kier alpha value is -1.77. The first-order valence-corrected chi connectivity index (χ1v) is 10.4.